The first-order valence-corrected chi connectivity index (χ1v) is 6.58. The number of rotatable bonds is 4. The van der Waals surface area contributed by atoms with Crippen LogP contribution in [-0.4, -0.2) is 42.3 Å². The second-order valence-electron chi connectivity index (χ2n) is 4.69. The van der Waals surface area contributed by atoms with Crippen molar-refractivity contribution < 1.29 is 4.74 Å². The Labute approximate surface area is 108 Å². The van der Waals surface area contributed by atoms with Crippen molar-refractivity contribution in [2.24, 2.45) is 5.73 Å². The largest absolute Gasteiger partial charge is 0.381 e. The van der Waals surface area contributed by atoms with E-state index in [1.807, 2.05) is 0 Å². The Balaban J connectivity index is 2.15. The molecule has 100 valence electrons. The number of anilines is 1. The zero-order chi connectivity index (χ0) is 13.0. The molecule has 1 aromatic rings. The summed E-state index contributed by atoms with van der Waals surface area (Å²) in [6.45, 7) is 3.68. The summed E-state index contributed by atoms with van der Waals surface area (Å²) in [6, 6.07) is 2.37. The molecule has 5 nitrogen and oxygen atoms in total. The fraction of sp³-hybridized carbons (Fsp3) is 0.692. The zero-order valence-corrected chi connectivity index (χ0v) is 11.2. The molecule has 1 aliphatic rings. The molecule has 0 amide bonds. The van der Waals surface area contributed by atoms with Crippen molar-refractivity contribution in [1.82, 2.24) is 9.97 Å². The third kappa shape index (κ3) is 2.79. The van der Waals surface area contributed by atoms with E-state index in [0.717, 1.165) is 37.3 Å². The first kappa shape index (κ1) is 13.2. The van der Waals surface area contributed by atoms with Crippen LogP contribution in [-0.2, 0) is 11.2 Å². The van der Waals surface area contributed by atoms with Crippen LogP contribution in [0.5, 0.6) is 0 Å². The normalized spacial score (nSPS) is 24.3. The van der Waals surface area contributed by atoms with Gasteiger partial charge in [0.2, 0.25) is 0 Å². The Bertz CT molecular complexity index is 385. The molecule has 1 aromatic heterocycles. The van der Waals surface area contributed by atoms with E-state index in [1.165, 1.54) is 0 Å². The fourth-order valence-corrected chi connectivity index (χ4v) is 2.49. The van der Waals surface area contributed by atoms with Crippen LogP contribution in [0.15, 0.2) is 12.4 Å². The van der Waals surface area contributed by atoms with Gasteiger partial charge in [-0.25, -0.2) is 9.97 Å². The quantitative estimate of drug-likeness (QED) is 0.863. The molecule has 0 saturated carbocycles. The third-order valence-corrected chi connectivity index (χ3v) is 3.64. The van der Waals surface area contributed by atoms with Gasteiger partial charge in [-0.15, -0.1) is 0 Å². The SMILES string of the molecule is CCc1cc(N2CCC(OC)CC2CN)ncn1. The van der Waals surface area contributed by atoms with Gasteiger partial charge in [-0.3, -0.25) is 0 Å². The fourth-order valence-electron chi connectivity index (χ4n) is 2.49. The average molecular weight is 250 g/mol. The summed E-state index contributed by atoms with van der Waals surface area (Å²) < 4.78 is 5.44. The van der Waals surface area contributed by atoms with Gasteiger partial charge < -0.3 is 15.4 Å². The van der Waals surface area contributed by atoms with Crippen LogP contribution in [0.4, 0.5) is 5.82 Å². The predicted molar refractivity (Wildman–Crippen MR) is 71.6 cm³/mol. The minimum atomic E-state index is 0.309. The Morgan fingerprint density at radius 3 is 3.00 bits per heavy atom. The molecular weight excluding hydrogens is 228 g/mol. The summed E-state index contributed by atoms with van der Waals surface area (Å²) >= 11 is 0. The maximum atomic E-state index is 5.88. The van der Waals surface area contributed by atoms with Gasteiger partial charge in [0, 0.05) is 38.0 Å². The van der Waals surface area contributed by atoms with Gasteiger partial charge in [0.1, 0.15) is 12.1 Å². The molecular formula is C13H22N4O. The molecule has 1 aliphatic heterocycles. The predicted octanol–water partition coefficient (Wildman–Crippen LogP) is 0.981. The lowest BCUT2D eigenvalue weighted by molar-refractivity contribution is 0.0708. The van der Waals surface area contributed by atoms with Gasteiger partial charge in [0.05, 0.1) is 6.10 Å². The van der Waals surface area contributed by atoms with Crippen molar-refractivity contribution in [3.8, 4) is 0 Å². The molecule has 1 saturated heterocycles. The summed E-state index contributed by atoms with van der Waals surface area (Å²) in [5.74, 6) is 0.992. The number of aromatic nitrogens is 2. The molecule has 0 spiro atoms. The number of ether oxygens (including phenoxy) is 1. The molecule has 2 rings (SSSR count). The number of piperidine rings is 1. The van der Waals surface area contributed by atoms with Gasteiger partial charge in [0.15, 0.2) is 0 Å². The van der Waals surface area contributed by atoms with Crippen molar-refractivity contribution in [3.63, 3.8) is 0 Å². The highest BCUT2D eigenvalue weighted by Gasteiger charge is 2.28. The standard InChI is InChI=1S/C13H22N4O/c1-3-10-6-13(16-9-15-10)17-5-4-12(18-2)7-11(17)8-14/h6,9,11-12H,3-5,7-8,14H2,1-2H3. The van der Waals surface area contributed by atoms with Crippen LogP contribution in [0.3, 0.4) is 0 Å². The monoisotopic (exact) mass is 250 g/mol. The van der Waals surface area contributed by atoms with Crippen molar-refractivity contribution in [1.29, 1.82) is 0 Å². The number of methoxy groups -OCH3 is 1. The second kappa shape index (κ2) is 6.11. The summed E-state index contributed by atoms with van der Waals surface area (Å²) in [7, 11) is 1.77. The first-order chi connectivity index (χ1) is 8.78. The van der Waals surface area contributed by atoms with Gasteiger partial charge in [-0.1, -0.05) is 6.92 Å². The second-order valence-corrected chi connectivity index (χ2v) is 4.69. The maximum absolute atomic E-state index is 5.88. The van der Waals surface area contributed by atoms with Gasteiger partial charge in [0.25, 0.3) is 0 Å². The minimum Gasteiger partial charge on any atom is -0.381 e. The molecule has 0 bridgehead atoms. The third-order valence-electron chi connectivity index (χ3n) is 3.64. The molecule has 0 aromatic carbocycles. The lowest BCUT2D eigenvalue weighted by Crippen LogP contribution is -2.49. The number of hydrogen-bond acceptors (Lipinski definition) is 5. The van der Waals surface area contributed by atoms with Crippen LogP contribution in [0.2, 0.25) is 0 Å². The van der Waals surface area contributed by atoms with Crippen molar-refractivity contribution >= 4 is 5.82 Å². The molecule has 2 N–H and O–H groups in total. The Morgan fingerprint density at radius 1 is 1.50 bits per heavy atom. The number of nitrogens with two attached hydrogens (primary N) is 1. The minimum absolute atomic E-state index is 0.309. The topological polar surface area (TPSA) is 64.3 Å². The average Bonchev–Trinajstić information content (AvgIpc) is 2.46. The Hall–Kier alpha value is -1.20. The first-order valence-electron chi connectivity index (χ1n) is 6.58. The number of nitrogens with zero attached hydrogens (tertiary/aromatic N) is 3. The Morgan fingerprint density at radius 2 is 2.33 bits per heavy atom. The van der Waals surface area contributed by atoms with Crippen LogP contribution in [0.1, 0.15) is 25.5 Å². The van der Waals surface area contributed by atoms with E-state index >= 15 is 0 Å². The van der Waals surface area contributed by atoms with Gasteiger partial charge >= 0.3 is 0 Å². The molecule has 2 heterocycles. The Kier molecular flexibility index (Phi) is 4.49. The van der Waals surface area contributed by atoms with Gasteiger partial charge in [-0.05, 0) is 19.3 Å². The summed E-state index contributed by atoms with van der Waals surface area (Å²) in [5.41, 5.74) is 6.95. The van der Waals surface area contributed by atoms with Crippen molar-refractivity contribution in [3.05, 3.63) is 18.1 Å². The highest BCUT2D eigenvalue weighted by Crippen LogP contribution is 2.24. The molecule has 2 atom stereocenters. The van der Waals surface area contributed by atoms with E-state index in [-0.39, 0.29) is 0 Å². The molecule has 0 radical (unpaired) electrons. The van der Waals surface area contributed by atoms with E-state index in [0.29, 0.717) is 18.7 Å². The highest BCUT2D eigenvalue weighted by molar-refractivity contribution is 5.41. The van der Waals surface area contributed by atoms with E-state index in [9.17, 15) is 0 Å². The maximum Gasteiger partial charge on any atom is 0.132 e. The molecule has 2 unspecified atom stereocenters. The summed E-state index contributed by atoms with van der Waals surface area (Å²) in [6.07, 6.45) is 4.89. The van der Waals surface area contributed by atoms with Crippen molar-refractivity contribution in [2.45, 2.75) is 38.3 Å². The number of aryl methyl sites for hydroxylation is 1. The van der Waals surface area contributed by atoms with E-state index in [1.54, 1.807) is 13.4 Å². The number of hydrogen-bond donors (Lipinski definition) is 1. The van der Waals surface area contributed by atoms with Gasteiger partial charge in [-0.2, -0.15) is 0 Å². The van der Waals surface area contributed by atoms with E-state index in [2.05, 4.69) is 27.9 Å². The van der Waals surface area contributed by atoms with Crippen LogP contribution in [0.25, 0.3) is 0 Å². The highest BCUT2D eigenvalue weighted by atomic mass is 16.5. The molecule has 1 fully saturated rings. The molecule has 18 heavy (non-hydrogen) atoms. The molecule has 0 aliphatic carbocycles. The lowest BCUT2D eigenvalue weighted by atomic mass is 9.99. The van der Waals surface area contributed by atoms with Crippen LogP contribution in [0, 0.1) is 0 Å². The van der Waals surface area contributed by atoms with Crippen LogP contribution < -0.4 is 10.6 Å². The van der Waals surface area contributed by atoms with E-state index in [4.69, 9.17) is 10.5 Å². The zero-order valence-electron chi connectivity index (χ0n) is 11.2. The smallest absolute Gasteiger partial charge is 0.132 e. The molecule has 5 heteroatoms. The van der Waals surface area contributed by atoms with Crippen molar-refractivity contribution in [2.75, 3.05) is 25.1 Å². The summed E-state index contributed by atoms with van der Waals surface area (Å²) in [4.78, 5) is 10.9. The van der Waals surface area contributed by atoms with Crippen LogP contribution >= 0.6 is 0 Å². The van der Waals surface area contributed by atoms with E-state index < -0.39 is 0 Å². The summed E-state index contributed by atoms with van der Waals surface area (Å²) in [5, 5.41) is 0. The lowest BCUT2D eigenvalue weighted by Gasteiger charge is -2.39.